The summed E-state index contributed by atoms with van der Waals surface area (Å²) in [5.74, 6) is 1.86. The van der Waals surface area contributed by atoms with Crippen molar-refractivity contribution in [3.63, 3.8) is 0 Å². The van der Waals surface area contributed by atoms with Gasteiger partial charge in [-0.25, -0.2) is 4.99 Å². The lowest BCUT2D eigenvalue weighted by Crippen LogP contribution is -2.43. The van der Waals surface area contributed by atoms with E-state index < -0.39 is 0 Å². The molecular weight excluding hydrogens is 514 g/mol. The van der Waals surface area contributed by atoms with Gasteiger partial charge in [-0.05, 0) is 75.6 Å². The summed E-state index contributed by atoms with van der Waals surface area (Å²) in [6.45, 7) is 4.43. The van der Waals surface area contributed by atoms with Crippen LogP contribution >= 0.6 is 11.6 Å². The third-order valence-corrected chi connectivity index (χ3v) is 7.82. The monoisotopic (exact) mass is 559 g/mol. The molecule has 2 aliphatic rings. The van der Waals surface area contributed by atoms with E-state index in [1.54, 1.807) is 0 Å². The summed E-state index contributed by atoms with van der Waals surface area (Å²) in [5.41, 5.74) is 2.55. The molecule has 3 rings (SSSR count). The van der Waals surface area contributed by atoms with Crippen LogP contribution in [-0.2, 0) is 19.1 Å². The van der Waals surface area contributed by atoms with E-state index in [2.05, 4.69) is 4.99 Å². The fraction of sp³-hybridized carbons (Fsp3) is 0.645. The summed E-state index contributed by atoms with van der Waals surface area (Å²) in [6, 6.07) is 8.19. The minimum Gasteiger partial charge on any atom is -0.379 e. The first-order valence-electron chi connectivity index (χ1n) is 14.5. The molecule has 0 atom stereocenters. The lowest BCUT2D eigenvalue weighted by molar-refractivity contribution is -0.126. The molecule has 1 aliphatic heterocycles. The van der Waals surface area contributed by atoms with Crippen molar-refractivity contribution >= 4 is 40.9 Å². The number of rotatable bonds is 17. The zero-order valence-electron chi connectivity index (χ0n) is 24.0. The fourth-order valence-electron chi connectivity index (χ4n) is 5.28. The van der Waals surface area contributed by atoms with E-state index in [9.17, 15) is 9.59 Å². The van der Waals surface area contributed by atoms with Crippen LogP contribution in [0.15, 0.2) is 35.0 Å². The number of halogens is 1. The zero-order valence-corrected chi connectivity index (χ0v) is 24.8. The Kier molecular flexibility index (Phi) is 13.5. The van der Waals surface area contributed by atoms with E-state index in [0.717, 1.165) is 87.4 Å². The summed E-state index contributed by atoms with van der Waals surface area (Å²) in [7, 11) is 4.01. The van der Waals surface area contributed by atoms with Gasteiger partial charge in [0.15, 0.2) is 0 Å². The fourth-order valence-corrected chi connectivity index (χ4v) is 5.47. The number of aliphatic imine (C=N–C) groups is 1. The predicted octanol–water partition coefficient (Wildman–Crippen LogP) is 6.09. The van der Waals surface area contributed by atoms with E-state index in [0.29, 0.717) is 37.7 Å². The minimum absolute atomic E-state index is 0.0357. The van der Waals surface area contributed by atoms with Gasteiger partial charge in [-0.3, -0.25) is 14.5 Å². The normalized spacial score (nSPS) is 20.5. The number of benzene rings is 1. The average Bonchev–Trinajstić information content (AvgIpc) is 3.21. The summed E-state index contributed by atoms with van der Waals surface area (Å²) in [4.78, 5) is 34.4. The Bertz CT molecular complexity index is 969. The van der Waals surface area contributed by atoms with E-state index in [1.807, 2.05) is 61.2 Å². The van der Waals surface area contributed by atoms with Crippen molar-refractivity contribution in [1.82, 2.24) is 4.90 Å². The summed E-state index contributed by atoms with van der Waals surface area (Å²) >= 11 is 5.67. The second-order valence-electron chi connectivity index (χ2n) is 10.8. The second-order valence-corrected chi connectivity index (χ2v) is 11.1. The van der Waals surface area contributed by atoms with Crippen molar-refractivity contribution in [2.75, 3.05) is 51.3 Å². The molecule has 8 heteroatoms. The van der Waals surface area contributed by atoms with E-state index in [-0.39, 0.29) is 17.9 Å². The number of nitrogens with zero attached hydrogens (tertiary/aromatic N) is 3. The highest BCUT2D eigenvalue weighted by Gasteiger charge is 2.36. The third kappa shape index (κ3) is 10.0. The number of carbonyl (C=O) groups is 2. The lowest BCUT2D eigenvalue weighted by atomic mass is 9.81. The predicted molar refractivity (Wildman–Crippen MR) is 160 cm³/mol. The number of ether oxygens (including phenoxy) is 2. The van der Waals surface area contributed by atoms with Gasteiger partial charge in [0.1, 0.15) is 17.3 Å². The number of carbonyl (C=O) groups excluding carboxylic acids is 2. The van der Waals surface area contributed by atoms with Gasteiger partial charge in [0, 0.05) is 57.3 Å². The highest BCUT2D eigenvalue weighted by atomic mass is 35.5. The number of alkyl halides is 1. The van der Waals surface area contributed by atoms with Gasteiger partial charge < -0.3 is 14.4 Å². The Hall–Kier alpha value is -2.22. The van der Waals surface area contributed by atoms with Gasteiger partial charge in [0.2, 0.25) is 0 Å². The maximum Gasteiger partial charge on any atom is 0.278 e. The Balaban J connectivity index is 1.32. The van der Waals surface area contributed by atoms with Crippen LogP contribution in [0.5, 0.6) is 0 Å². The van der Waals surface area contributed by atoms with Gasteiger partial charge in [-0.1, -0.05) is 25.0 Å². The largest absolute Gasteiger partial charge is 0.379 e. The first-order chi connectivity index (χ1) is 18.9. The van der Waals surface area contributed by atoms with Crippen molar-refractivity contribution in [2.24, 2.45) is 10.9 Å². The van der Waals surface area contributed by atoms with E-state index in [4.69, 9.17) is 21.1 Å². The quantitative estimate of drug-likeness (QED) is 0.131. The molecule has 0 N–H and O–H groups in total. The molecule has 1 heterocycles. The van der Waals surface area contributed by atoms with Crippen LogP contribution in [0.4, 0.5) is 5.69 Å². The molecular formula is C31H46ClN3O4. The van der Waals surface area contributed by atoms with Gasteiger partial charge >= 0.3 is 0 Å². The molecule has 0 bridgehead atoms. The number of amidine groups is 1. The van der Waals surface area contributed by atoms with Crippen LogP contribution in [-0.4, -0.2) is 74.9 Å². The van der Waals surface area contributed by atoms with Crippen LogP contribution in [0.1, 0.15) is 76.7 Å². The second kappa shape index (κ2) is 16.8. The number of amides is 1. The Morgan fingerprint density at radius 1 is 0.974 bits per heavy atom. The van der Waals surface area contributed by atoms with Crippen molar-refractivity contribution in [2.45, 2.75) is 77.2 Å². The van der Waals surface area contributed by atoms with Gasteiger partial charge in [-0.15, -0.1) is 11.6 Å². The minimum atomic E-state index is -0.0357. The topological polar surface area (TPSA) is 71.4 Å². The van der Waals surface area contributed by atoms with Crippen molar-refractivity contribution < 1.29 is 19.1 Å². The molecule has 1 aromatic rings. The van der Waals surface area contributed by atoms with E-state index in [1.165, 1.54) is 0 Å². The SMILES string of the molecule is CC1=N/C(=C\c2ccc(N(C)C)cc2)C(=O)N1C1CCC(C(=O)CCCOCCOCCCCCCCl)CC1. The first-order valence-corrected chi connectivity index (χ1v) is 15.1. The zero-order chi connectivity index (χ0) is 28.0. The van der Waals surface area contributed by atoms with Crippen LogP contribution in [0.3, 0.4) is 0 Å². The number of anilines is 1. The van der Waals surface area contributed by atoms with Crippen LogP contribution in [0, 0.1) is 5.92 Å². The van der Waals surface area contributed by atoms with Crippen molar-refractivity contribution in [3.8, 4) is 0 Å². The smallest absolute Gasteiger partial charge is 0.278 e. The summed E-state index contributed by atoms with van der Waals surface area (Å²) in [6.07, 6.45) is 10.9. The highest BCUT2D eigenvalue weighted by Crippen LogP contribution is 2.32. The molecule has 216 valence electrons. The number of unbranched alkanes of at least 4 members (excludes halogenated alkanes) is 3. The average molecular weight is 560 g/mol. The Morgan fingerprint density at radius 3 is 2.26 bits per heavy atom. The molecule has 1 aromatic carbocycles. The number of Topliss-reactive ketones (excluding diaryl/α,β-unsaturated/α-hetero) is 1. The van der Waals surface area contributed by atoms with Gasteiger partial charge in [0.05, 0.1) is 13.2 Å². The number of ketones is 1. The van der Waals surface area contributed by atoms with Crippen molar-refractivity contribution in [3.05, 3.63) is 35.5 Å². The third-order valence-electron chi connectivity index (χ3n) is 7.56. The van der Waals surface area contributed by atoms with Crippen LogP contribution in [0.25, 0.3) is 6.08 Å². The molecule has 0 spiro atoms. The Morgan fingerprint density at radius 2 is 1.62 bits per heavy atom. The molecule has 1 fully saturated rings. The molecule has 1 aliphatic carbocycles. The van der Waals surface area contributed by atoms with Crippen LogP contribution < -0.4 is 4.90 Å². The molecule has 0 unspecified atom stereocenters. The lowest BCUT2D eigenvalue weighted by Gasteiger charge is -2.34. The van der Waals surface area contributed by atoms with Gasteiger partial charge in [-0.2, -0.15) is 0 Å². The molecule has 7 nitrogen and oxygen atoms in total. The van der Waals surface area contributed by atoms with E-state index >= 15 is 0 Å². The maximum absolute atomic E-state index is 13.2. The molecule has 0 saturated heterocycles. The number of hydrogen-bond donors (Lipinski definition) is 0. The highest BCUT2D eigenvalue weighted by molar-refractivity contribution is 6.17. The van der Waals surface area contributed by atoms with Crippen LogP contribution in [0.2, 0.25) is 0 Å². The van der Waals surface area contributed by atoms with Crippen molar-refractivity contribution in [1.29, 1.82) is 0 Å². The standard InChI is InChI=1S/C31H46ClN3O4/c1-24-33-29(23-25-10-14-27(15-11-25)34(2)3)31(37)35(24)28-16-12-26(13-17-28)30(36)9-8-20-39-22-21-38-19-7-5-4-6-18-32/h10-11,14-15,23,26,28H,4-9,12-13,16-22H2,1-3H3/b29-23-. The summed E-state index contributed by atoms with van der Waals surface area (Å²) < 4.78 is 11.2. The molecule has 1 saturated carbocycles. The first kappa shape index (κ1) is 31.3. The maximum atomic E-state index is 13.2. The molecule has 0 aromatic heterocycles. The molecule has 1 amide bonds. The summed E-state index contributed by atoms with van der Waals surface area (Å²) in [5, 5.41) is 0. The molecule has 0 radical (unpaired) electrons. The Labute approximate surface area is 239 Å². The van der Waals surface area contributed by atoms with Gasteiger partial charge in [0.25, 0.3) is 5.91 Å². The number of hydrogen-bond acceptors (Lipinski definition) is 6. The molecule has 39 heavy (non-hydrogen) atoms.